The molecule has 0 amide bonds. The van der Waals surface area contributed by atoms with E-state index < -0.39 is 67.3 Å². The highest BCUT2D eigenvalue weighted by molar-refractivity contribution is 5.74. The van der Waals surface area contributed by atoms with Crippen molar-refractivity contribution in [3.05, 3.63) is 97.2 Å². The van der Waals surface area contributed by atoms with Gasteiger partial charge in [0.1, 0.15) is 18.8 Å². The zero-order chi connectivity index (χ0) is 54.7. The minimum atomic E-state index is -1.93. The van der Waals surface area contributed by atoms with Crippen LogP contribution in [0.25, 0.3) is 0 Å². The van der Waals surface area contributed by atoms with Crippen LogP contribution in [0.5, 0.6) is 0 Å². The van der Waals surface area contributed by atoms with E-state index >= 15 is 0 Å². The van der Waals surface area contributed by atoms with Gasteiger partial charge in [0, 0.05) is 19.3 Å². The van der Waals surface area contributed by atoms with Gasteiger partial charge < -0.3 is 39.0 Å². The number of allylic oxidation sites excluding steroid dienone is 16. The van der Waals surface area contributed by atoms with Crippen molar-refractivity contribution in [2.24, 2.45) is 0 Å². The van der Waals surface area contributed by atoms with Crippen LogP contribution in [0.2, 0.25) is 0 Å². The molecule has 0 bridgehead atoms. The predicted octanol–water partition coefficient (Wildman–Crippen LogP) is 14.9. The zero-order valence-electron chi connectivity index (χ0n) is 46.8. The number of ether oxygens (including phenoxy) is 5. The first-order chi connectivity index (χ1) is 36.6. The second kappa shape index (κ2) is 50.5. The van der Waals surface area contributed by atoms with Crippen LogP contribution >= 0.6 is 0 Å². The summed E-state index contributed by atoms with van der Waals surface area (Å²) in [6, 6.07) is 0. The van der Waals surface area contributed by atoms with E-state index in [4.69, 9.17) is 23.7 Å². The molecule has 1 heterocycles. The number of aliphatic hydroxyl groups is 2. The Morgan fingerprint density at radius 2 is 0.867 bits per heavy atom. The molecule has 1 rings (SSSR count). The number of carboxylic acid groups (broad SMARTS) is 1. The normalized spacial score (nSPS) is 18.9. The van der Waals surface area contributed by atoms with Crippen molar-refractivity contribution in [2.45, 2.75) is 263 Å². The average molecular weight is 1050 g/mol. The van der Waals surface area contributed by atoms with Gasteiger partial charge in [0.05, 0.1) is 6.61 Å². The summed E-state index contributed by atoms with van der Waals surface area (Å²) in [5, 5.41) is 31.4. The standard InChI is InChI=1S/C63H102O12/c1-4-7-10-13-16-19-21-23-25-27-28-30-32-34-36-39-42-45-48-51-57(66)74-61-59(68)58(67)60(62(69)70)75-63(61)72-53-54(73-56(65)50-47-44-41-37-18-15-12-9-6-3)52-71-55(64)49-46-43-40-38-35-33-31-29-26-24-22-20-17-14-11-8-5-2/h7,10,16-17,19-20,23-26,28,30,34,36,42,45,54,58-61,63,67-68H,4-6,8-9,11-15,18,21-22,27,29,31-33,35,37-41,43-44,46-53H2,1-3H3,(H,69,70)/b10-7-,19-16-,20-17-,25-23-,26-24-,30-28-,36-34-,45-42-. The number of aliphatic carboxylic acids is 1. The molecule has 1 aliphatic heterocycles. The molecule has 0 aromatic rings. The largest absolute Gasteiger partial charge is 0.479 e. The number of hydrogen-bond acceptors (Lipinski definition) is 11. The molecule has 75 heavy (non-hydrogen) atoms. The van der Waals surface area contributed by atoms with E-state index in [1.807, 2.05) is 18.2 Å². The Labute approximate surface area is 453 Å². The Balaban J connectivity index is 2.70. The molecule has 1 fully saturated rings. The minimum Gasteiger partial charge on any atom is -0.479 e. The van der Waals surface area contributed by atoms with E-state index in [9.17, 15) is 34.5 Å². The lowest BCUT2D eigenvalue weighted by molar-refractivity contribution is -0.301. The maximum absolute atomic E-state index is 13.1. The molecule has 12 nitrogen and oxygen atoms in total. The number of rotatable bonds is 48. The zero-order valence-corrected chi connectivity index (χ0v) is 46.8. The first-order valence-electron chi connectivity index (χ1n) is 29.2. The molecule has 0 aromatic carbocycles. The fraction of sp³-hybridized carbons (Fsp3) is 0.683. The van der Waals surface area contributed by atoms with Gasteiger partial charge in [0.2, 0.25) is 0 Å². The van der Waals surface area contributed by atoms with Gasteiger partial charge in [-0.3, -0.25) is 14.4 Å². The van der Waals surface area contributed by atoms with Crippen LogP contribution in [0.15, 0.2) is 97.2 Å². The number of unbranched alkanes of at least 4 members (excludes halogenated alkanes) is 18. The van der Waals surface area contributed by atoms with Crippen LogP contribution in [0.4, 0.5) is 0 Å². The van der Waals surface area contributed by atoms with Crippen LogP contribution in [0.1, 0.15) is 226 Å². The van der Waals surface area contributed by atoms with Crippen LogP contribution in [-0.2, 0) is 42.9 Å². The lowest BCUT2D eigenvalue weighted by atomic mass is 9.98. The van der Waals surface area contributed by atoms with E-state index in [-0.39, 0.29) is 25.9 Å². The summed E-state index contributed by atoms with van der Waals surface area (Å²) in [5.41, 5.74) is 0. The SMILES string of the molecule is CC/C=C\C/C=C\C/C=C\C/C=C\C/C=C\C/C=C\CCC(=O)OC1C(OCC(COC(=O)CCCCCCCCC/C=C\C/C=C\CCCCC)OC(=O)CCCCCCCCCCC)OC(C(=O)O)C(O)C1O. The van der Waals surface area contributed by atoms with Crippen molar-refractivity contribution < 1.29 is 58.2 Å². The summed E-state index contributed by atoms with van der Waals surface area (Å²) in [4.78, 5) is 51.0. The van der Waals surface area contributed by atoms with E-state index in [2.05, 4.69) is 99.8 Å². The first-order valence-corrected chi connectivity index (χ1v) is 29.2. The Bertz CT molecular complexity index is 1670. The van der Waals surface area contributed by atoms with E-state index in [0.29, 0.717) is 25.7 Å². The number of carbonyl (C=O) groups excluding carboxylic acids is 3. The topological polar surface area (TPSA) is 175 Å². The molecule has 0 spiro atoms. The third kappa shape index (κ3) is 40.6. The summed E-state index contributed by atoms with van der Waals surface area (Å²) in [6.07, 6.45) is 54.0. The average Bonchev–Trinajstić information content (AvgIpc) is 3.39. The molecule has 0 radical (unpaired) electrons. The van der Waals surface area contributed by atoms with Crippen LogP contribution < -0.4 is 0 Å². The van der Waals surface area contributed by atoms with Crippen LogP contribution in [-0.4, -0.2) is 89.2 Å². The Morgan fingerprint density at radius 1 is 0.453 bits per heavy atom. The van der Waals surface area contributed by atoms with Gasteiger partial charge in [-0.1, -0.05) is 214 Å². The fourth-order valence-corrected chi connectivity index (χ4v) is 8.19. The molecule has 0 aliphatic carbocycles. The molecule has 6 unspecified atom stereocenters. The summed E-state index contributed by atoms with van der Waals surface area (Å²) in [5.74, 6) is -3.25. The molecule has 0 aromatic heterocycles. The van der Waals surface area contributed by atoms with Gasteiger partial charge in [-0.15, -0.1) is 0 Å². The maximum atomic E-state index is 13.1. The van der Waals surface area contributed by atoms with Crippen molar-refractivity contribution in [3.8, 4) is 0 Å². The third-order valence-electron chi connectivity index (χ3n) is 12.7. The Morgan fingerprint density at radius 3 is 1.36 bits per heavy atom. The van der Waals surface area contributed by atoms with Gasteiger partial charge >= 0.3 is 23.9 Å². The maximum Gasteiger partial charge on any atom is 0.335 e. The number of hydrogen-bond donors (Lipinski definition) is 3. The summed E-state index contributed by atoms with van der Waals surface area (Å²) < 4.78 is 28.3. The molecule has 6 atom stereocenters. The minimum absolute atomic E-state index is 0.0683. The Kier molecular flexibility index (Phi) is 46.2. The molecule has 1 saturated heterocycles. The second-order valence-electron chi connectivity index (χ2n) is 19.5. The highest BCUT2D eigenvalue weighted by Crippen LogP contribution is 2.26. The van der Waals surface area contributed by atoms with Gasteiger partial charge in [0.15, 0.2) is 24.6 Å². The van der Waals surface area contributed by atoms with Gasteiger partial charge in [-0.25, -0.2) is 4.79 Å². The molecule has 1 aliphatic rings. The van der Waals surface area contributed by atoms with E-state index in [0.717, 1.165) is 89.9 Å². The quantitative estimate of drug-likeness (QED) is 0.0228. The first kappa shape index (κ1) is 68.7. The van der Waals surface area contributed by atoms with Crippen molar-refractivity contribution >= 4 is 23.9 Å². The summed E-state index contributed by atoms with van der Waals surface area (Å²) >= 11 is 0. The van der Waals surface area contributed by atoms with Crippen molar-refractivity contribution in [2.75, 3.05) is 13.2 Å². The second-order valence-corrected chi connectivity index (χ2v) is 19.5. The highest BCUT2D eigenvalue weighted by Gasteiger charge is 2.50. The molecule has 426 valence electrons. The van der Waals surface area contributed by atoms with E-state index in [1.54, 1.807) is 0 Å². The number of aliphatic hydroxyl groups excluding tert-OH is 2. The van der Waals surface area contributed by atoms with Crippen LogP contribution in [0, 0.1) is 0 Å². The van der Waals surface area contributed by atoms with Gasteiger partial charge in [0.25, 0.3) is 0 Å². The van der Waals surface area contributed by atoms with Crippen molar-refractivity contribution in [1.82, 2.24) is 0 Å². The van der Waals surface area contributed by atoms with Crippen molar-refractivity contribution in [3.63, 3.8) is 0 Å². The van der Waals surface area contributed by atoms with Crippen molar-refractivity contribution in [1.29, 1.82) is 0 Å². The summed E-state index contributed by atoms with van der Waals surface area (Å²) in [6.45, 7) is 5.78. The lowest BCUT2D eigenvalue weighted by Crippen LogP contribution is -2.61. The van der Waals surface area contributed by atoms with Crippen LogP contribution in [0.3, 0.4) is 0 Å². The van der Waals surface area contributed by atoms with Gasteiger partial charge in [-0.2, -0.15) is 0 Å². The molecular weight excluding hydrogens is 949 g/mol. The van der Waals surface area contributed by atoms with Gasteiger partial charge in [-0.05, 0) is 89.9 Å². The lowest BCUT2D eigenvalue weighted by Gasteiger charge is -2.40. The molecule has 0 saturated carbocycles. The third-order valence-corrected chi connectivity index (χ3v) is 12.7. The molecule has 12 heteroatoms. The number of carboxylic acids is 1. The Hall–Kier alpha value is -4.36. The fourth-order valence-electron chi connectivity index (χ4n) is 8.19. The monoisotopic (exact) mass is 1050 g/mol. The highest BCUT2D eigenvalue weighted by atomic mass is 16.7. The molecule has 3 N–H and O–H groups in total. The predicted molar refractivity (Wildman–Crippen MR) is 303 cm³/mol. The smallest absolute Gasteiger partial charge is 0.335 e. The van der Waals surface area contributed by atoms with E-state index in [1.165, 1.54) is 70.6 Å². The number of esters is 3. The number of carbonyl (C=O) groups is 4. The molecular formula is C63H102O12. The summed E-state index contributed by atoms with van der Waals surface area (Å²) in [7, 11) is 0.